The summed E-state index contributed by atoms with van der Waals surface area (Å²) in [5, 5.41) is 0. The normalized spacial score (nSPS) is 12.6. The summed E-state index contributed by atoms with van der Waals surface area (Å²) in [6.07, 6.45) is 15.5. The molecule has 0 saturated heterocycles. The van der Waals surface area contributed by atoms with Crippen molar-refractivity contribution in [3.05, 3.63) is 18.2 Å². The van der Waals surface area contributed by atoms with Gasteiger partial charge in [0.1, 0.15) is 5.78 Å². The molecule has 0 radical (unpaired) electrons. The molecule has 1 rings (SSSR count). The summed E-state index contributed by atoms with van der Waals surface area (Å²) >= 11 is 0. The van der Waals surface area contributed by atoms with Crippen molar-refractivity contribution in [2.24, 2.45) is 5.73 Å². The van der Waals surface area contributed by atoms with Crippen LogP contribution in [0.4, 0.5) is 0 Å². The van der Waals surface area contributed by atoms with Crippen LogP contribution in [0.15, 0.2) is 12.5 Å². The zero-order valence-electron chi connectivity index (χ0n) is 18.8. The Bertz CT molecular complexity index is 481. The molecule has 1 unspecified atom stereocenters. The Labute approximate surface area is 178 Å². The minimum atomic E-state index is -0.461. The Morgan fingerprint density at radius 2 is 1.72 bits per heavy atom. The Hall–Kier alpha value is -1.24. The number of hydrogen-bond donors (Lipinski definition) is 2. The van der Waals surface area contributed by atoms with E-state index in [-0.39, 0.29) is 5.78 Å². The highest BCUT2D eigenvalue weighted by molar-refractivity contribution is 5.83. The number of nitrogens with zero attached hydrogens (tertiary/aromatic N) is 2. The van der Waals surface area contributed by atoms with Gasteiger partial charge in [0.15, 0.2) is 0 Å². The summed E-state index contributed by atoms with van der Waals surface area (Å²) in [7, 11) is 0. The number of rotatable bonds is 20. The first-order valence-electron chi connectivity index (χ1n) is 11.7. The number of ether oxygens (including phenoxy) is 1. The van der Waals surface area contributed by atoms with Gasteiger partial charge in [-0.25, -0.2) is 4.98 Å². The molecular weight excluding hydrogens is 364 g/mol. The number of Topliss-reactive ketones (excluding diaryl/α,β-unsaturated/α-hetero) is 1. The van der Waals surface area contributed by atoms with Crippen molar-refractivity contribution >= 4 is 5.78 Å². The molecule has 3 N–H and O–H groups in total. The minimum Gasteiger partial charge on any atom is -0.380 e. The third-order valence-corrected chi connectivity index (χ3v) is 5.33. The van der Waals surface area contributed by atoms with Crippen molar-refractivity contribution in [2.45, 2.75) is 90.5 Å². The van der Waals surface area contributed by atoms with Crippen LogP contribution >= 0.6 is 0 Å². The second-order valence-electron chi connectivity index (χ2n) is 8.03. The predicted molar refractivity (Wildman–Crippen MR) is 120 cm³/mol. The molecule has 0 spiro atoms. The average Bonchev–Trinajstić information content (AvgIpc) is 3.23. The number of ketones is 1. The molecule has 0 bridgehead atoms. The number of aromatic amines is 1. The molecule has 0 fully saturated rings. The van der Waals surface area contributed by atoms with Crippen molar-refractivity contribution in [3.63, 3.8) is 0 Å². The zero-order valence-corrected chi connectivity index (χ0v) is 18.8. The fourth-order valence-electron chi connectivity index (χ4n) is 3.44. The minimum absolute atomic E-state index is 0.0941. The first kappa shape index (κ1) is 25.8. The lowest BCUT2D eigenvalue weighted by Gasteiger charge is -2.22. The molecule has 29 heavy (non-hydrogen) atoms. The van der Waals surface area contributed by atoms with E-state index in [1.54, 1.807) is 12.5 Å². The Morgan fingerprint density at radius 3 is 2.31 bits per heavy atom. The van der Waals surface area contributed by atoms with Gasteiger partial charge in [-0.15, -0.1) is 0 Å². The molecule has 1 aromatic heterocycles. The Balaban J connectivity index is 2.12. The topological polar surface area (TPSA) is 84.2 Å². The number of hydrogen-bond acceptors (Lipinski definition) is 5. The highest BCUT2D eigenvalue weighted by atomic mass is 16.5. The van der Waals surface area contributed by atoms with Crippen LogP contribution in [-0.4, -0.2) is 59.5 Å². The maximum atomic E-state index is 12.1. The van der Waals surface area contributed by atoms with Crippen molar-refractivity contribution < 1.29 is 9.53 Å². The van der Waals surface area contributed by atoms with E-state index in [4.69, 9.17) is 10.5 Å². The van der Waals surface area contributed by atoms with Gasteiger partial charge in [-0.05, 0) is 32.4 Å². The van der Waals surface area contributed by atoms with Gasteiger partial charge in [0.2, 0.25) is 0 Å². The van der Waals surface area contributed by atoms with Gasteiger partial charge in [-0.3, -0.25) is 4.79 Å². The number of imidazole rings is 1. The van der Waals surface area contributed by atoms with Gasteiger partial charge in [0.25, 0.3) is 0 Å². The Kier molecular flexibility index (Phi) is 15.7. The predicted octanol–water partition coefficient (Wildman–Crippen LogP) is 4.11. The van der Waals surface area contributed by atoms with Crippen LogP contribution in [0.5, 0.6) is 0 Å². The number of carbonyl (C=O) groups excluding carboxylic acids is 1. The first-order chi connectivity index (χ1) is 14.2. The molecule has 0 saturated carbocycles. The van der Waals surface area contributed by atoms with E-state index in [0.29, 0.717) is 19.4 Å². The van der Waals surface area contributed by atoms with Crippen LogP contribution in [0.1, 0.15) is 83.7 Å². The molecule has 0 aromatic carbocycles. The summed E-state index contributed by atoms with van der Waals surface area (Å²) in [5.74, 6) is 0.0941. The molecule has 1 atom stereocenters. The fraction of sp³-hybridized carbons (Fsp3) is 0.826. The van der Waals surface area contributed by atoms with E-state index in [2.05, 4.69) is 28.7 Å². The average molecular weight is 409 g/mol. The lowest BCUT2D eigenvalue weighted by molar-refractivity contribution is -0.120. The number of unbranched alkanes of at least 4 members (excludes halogenated alkanes) is 6. The van der Waals surface area contributed by atoms with Crippen LogP contribution in [0.3, 0.4) is 0 Å². The maximum Gasteiger partial charge on any atom is 0.150 e. The lowest BCUT2D eigenvalue weighted by Crippen LogP contribution is -2.33. The van der Waals surface area contributed by atoms with Gasteiger partial charge in [-0.1, -0.05) is 52.4 Å². The SMILES string of the molecule is CCCCCCN(CCCCCC)CCOCCCC(=O)C(N)Cc1cnc[nH]1. The summed E-state index contributed by atoms with van der Waals surface area (Å²) < 4.78 is 5.80. The molecule has 6 nitrogen and oxygen atoms in total. The number of nitrogens with one attached hydrogen (secondary N) is 1. The quantitative estimate of drug-likeness (QED) is 0.317. The fourth-order valence-corrected chi connectivity index (χ4v) is 3.44. The molecule has 0 aliphatic heterocycles. The van der Waals surface area contributed by atoms with Crippen LogP contribution in [0.25, 0.3) is 0 Å². The summed E-state index contributed by atoms with van der Waals surface area (Å²) in [5.41, 5.74) is 6.88. The number of carbonyl (C=O) groups is 1. The molecule has 0 aliphatic rings. The van der Waals surface area contributed by atoms with E-state index in [1.165, 1.54) is 64.5 Å². The highest BCUT2D eigenvalue weighted by Gasteiger charge is 2.14. The van der Waals surface area contributed by atoms with Crippen molar-refractivity contribution in [2.75, 3.05) is 32.8 Å². The largest absolute Gasteiger partial charge is 0.380 e. The molecule has 6 heteroatoms. The Morgan fingerprint density at radius 1 is 1.03 bits per heavy atom. The van der Waals surface area contributed by atoms with E-state index < -0.39 is 6.04 Å². The van der Waals surface area contributed by atoms with Crippen molar-refractivity contribution in [1.29, 1.82) is 0 Å². The van der Waals surface area contributed by atoms with Gasteiger partial charge < -0.3 is 20.4 Å². The highest BCUT2D eigenvalue weighted by Crippen LogP contribution is 2.06. The van der Waals surface area contributed by atoms with E-state index in [0.717, 1.165) is 25.3 Å². The summed E-state index contributed by atoms with van der Waals surface area (Å²) in [4.78, 5) is 21.6. The zero-order chi connectivity index (χ0) is 21.2. The van der Waals surface area contributed by atoms with E-state index >= 15 is 0 Å². The van der Waals surface area contributed by atoms with Crippen molar-refractivity contribution in [1.82, 2.24) is 14.9 Å². The van der Waals surface area contributed by atoms with E-state index in [1.807, 2.05) is 0 Å². The van der Waals surface area contributed by atoms with Crippen LogP contribution in [0.2, 0.25) is 0 Å². The van der Waals surface area contributed by atoms with Crippen LogP contribution in [0, 0.1) is 0 Å². The van der Waals surface area contributed by atoms with Gasteiger partial charge >= 0.3 is 0 Å². The summed E-state index contributed by atoms with van der Waals surface area (Å²) in [6.45, 7) is 9.23. The van der Waals surface area contributed by atoms with E-state index in [9.17, 15) is 4.79 Å². The first-order valence-corrected chi connectivity index (χ1v) is 11.7. The lowest BCUT2D eigenvalue weighted by atomic mass is 10.0. The smallest absolute Gasteiger partial charge is 0.150 e. The second kappa shape index (κ2) is 17.6. The number of nitrogens with two attached hydrogens (primary N) is 1. The van der Waals surface area contributed by atoms with Crippen LogP contribution < -0.4 is 5.73 Å². The maximum absolute atomic E-state index is 12.1. The molecular formula is C23H44N4O2. The standard InChI is InChI=1S/C23H44N4O2/c1-3-5-7-9-13-27(14-10-8-6-4-2)15-17-29-16-11-12-23(28)22(24)18-21-19-25-20-26-21/h19-20,22H,3-18,24H2,1-2H3,(H,25,26). The molecule has 1 aromatic rings. The molecule has 1 heterocycles. The number of aromatic nitrogens is 2. The second-order valence-corrected chi connectivity index (χ2v) is 8.03. The third-order valence-electron chi connectivity index (χ3n) is 5.33. The number of H-pyrrole nitrogens is 1. The third kappa shape index (κ3) is 13.6. The molecule has 168 valence electrons. The van der Waals surface area contributed by atoms with Gasteiger partial charge in [-0.2, -0.15) is 0 Å². The van der Waals surface area contributed by atoms with Crippen molar-refractivity contribution in [3.8, 4) is 0 Å². The van der Waals surface area contributed by atoms with Gasteiger partial charge in [0.05, 0.1) is 19.0 Å². The van der Waals surface area contributed by atoms with Gasteiger partial charge in [0, 0.05) is 37.9 Å². The van der Waals surface area contributed by atoms with Crippen LogP contribution in [-0.2, 0) is 16.0 Å². The molecule has 0 amide bonds. The monoisotopic (exact) mass is 408 g/mol. The summed E-state index contributed by atoms with van der Waals surface area (Å²) in [6, 6.07) is -0.461. The molecule has 0 aliphatic carbocycles.